The predicted molar refractivity (Wildman–Crippen MR) is 89.3 cm³/mol. The summed E-state index contributed by atoms with van der Waals surface area (Å²) in [6.45, 7) is 11.7. The Morgan fingerprint density at radius 1 is 1.38 bits per heavy atom. The molecule has 3 heterocycles. The summed E-state index contributed by atoms with van der Waals surface area (Å²) in [6, 6.07) is 0.147. The molecule has 6 nitrogen and oxygen atoms in total. The first-order valence-corrected chi connectivity index (χ1v) is 9.08. The Bertz CT molecular complexity index is 528. The van der Waals surface area contributed by atoms with Gasteiger partial charge in [0.05, 0.1) is 12.6 Å². The van der Waals surface area contributed by atoms with E-state index in [0.29, 0.717) is 38.5 Å². The van der Waals surface area contributed by atoms with Crippen molar-refractivity contribution in [3.8, 4) is 0 Å². The van der Waals surface area contributed by atoms with Crippen LogP contribution < -0.4 is 0 Å². The average molecular weight is 338 g/mol. The number of ether oxygens (including phenoxy) is 2. The van der Waals surface area contributed by atoms with Gasteiger partial charge in [-0.25, -0.2) is 4.79 Å². The number of nitrogens with zero attached hydrogens (tertiary/aromatic N) is 2. The van der Waals surface area contributed by atoms with Crippen LogP contribution in [0, 0.1) is 11.8 Å². The Hall–Kier alpha value is -1.30. The minimum Gasteiger partial charge on any atom is -0.444 e. The minimum atomic E-state index is -0.511. The normalized spacial score (nSPS) is 33.5. The molecule has 0 aliphatic carbocycles. The van der Waals surface area contributed by atoms with Crippen LogP contribution in [0.15, 0.2) is 0 Å². The van der Waals surface area contributed by atoms with Gasteiger partial charge in [-0.15, -0.1) is 0 Å². The average Bonchev–Trinajstić information content (AvgIpc) is 2.86. The second kappa shape index (κ2) is 5.90. The fourth-order valence-electron chi connectivity index (χ4n) is 4.27. The van der Waals surface area contributed by atoms with Crippen molar-refractivity contribution >= 4 is 12.0 Å². The fourth-order valence-corrected chi connectivity index (χ4v) is 4.27. The van der Waals surface area contributed by atoms with Gasteiger partial charge < -0.3 is 19.3 Å². The van der Waals surface area contributed by atoms with Crippen LogP contribution in [-0.2, 0) is 14.3 Å². The van der Waals surface area contributed by atoms with Crippen molar-refractivity contribution in [2.45, 2.75) is 71.2 Å². The Kier molecular flexibility index (Phi) is 4.31. The molecule has 24 heavy (non-hydrogen) atoms. The zero-order chi connectivity index (χ0) is 17.7. The van der Waals surface area contributed by atoms with Gasteiger partial charge in [0.2, 0.25) is 5.91 Å². The molecule has 3 aliphatic rings. The van der Waals surface area contributed by atoms with Crippen LogP contribution in [0.4, 0.5) is 4.79 Å². The van der Waals surface area contributed by atoms with Crippen molar-refractivity contribution in [3.63, 3.8) is 0 Å². The molecular weight excluding hydrogens is 308 g/mol. The summed E-state index contributed by atoms with van der Waals surface area (Å²) >= 11 is 0. The highest BCUT2D eigenvalue weighted by atomic mass is 16.6. The maximum atomic E-state index is 12.6. The summed E-state index contributed by atoms with van der Waals surface area (Å²) < 4.78 is 11.8. The highest BCUT2D eigenvalue weighted by molar-refractivity contribution is 5.79. The first-order valence-electron chi connectivity index (χ1n) is 9.08. The largest absolute Gasteiger partial charge is 0.444 e. The smallest absolute Gasteiger partial charge is 0.410 e. The van der Waals surface area contributed by atoms with Crippen molar-refractivity contribution in [2.75, 3.05) is 19.7 Å². The minimum absolute atomic E-state index is 0.147. The molecule has 3 rings (SSSR count). The molecule has 6 heteroatoms. The summed E-state index contributed by atoms with van der Waals surface area (Å²) in [6.07, 6.45) is 1.73. The molecule has 3 atom stereocenters. The second-order valence-corrected chi connectivity index (χ2v) is 8.64. The van der Waals surface area contributed by atoms with Gasteiger partial charge in [0.1, 0.15) is 11.3 Å². The van der Waals surface area contributed by atoms with Gasteiger partial charge in [0, 0.05) is 31.8 Å². The van der Waals surface area contributed by atoms with Crippen LogP contribution in [0.1, 0.15) is 53.9 Å². The lowest BCUT2D eigenvalue weighted by Gasteiger charge is -2.52. The van der Waals surface area contributed by atoms with Crippen LogP contribution in [-0.4, -0.2) is 58.9 Å². The lowest BCUT2D eigenvalue weighted by atomic mass is 9.79. The molecule has 0 aromatic heterocycles. The van der Waals surface area contributed by atoms with E-state index in [9.17, 15) is 9.59 Å². The van der Waals surface area contributed by atoms with E-state index in [1.807, 2.05) is 25.7 Å². The maximum Gasteiger partial charge on any atom is 0.410 e. The second-order valence-electron chi connectivity index (χ2n) is 8.64. The number of piperidine rings is 2. The zero-order valence-corrected chi connectivity index (χ0v) is 15.5. The van der Waals surface area contributed by atoms with Gasteiger partial charge in [-0.05, 0) is 33.1 Å². The molecule has 0 unspecified atom stereocenters. The van der Waals surface area contributed by atoms with Gasteiger partial charge in [0.25, 0.3) is 0 Å². The number of likely N-dealkylation sites (tertiary alicyclic amines) is 1. The van der Waals surface area contributed by atoms with Crippen LogP contribution in [0.2, 0.25) is 0 Å². The Morgan fingerprint density at radius 3 is 2.71 bits per heavy atom. The van der Waals surface area contributed by atoms with Crippen LogP contribution in [0.25, 0.3) is 0 Å². The number of carbonyl (C=O) groups excluding carboxylic acids is 2. The zero-order valence-electron chi connectivity index (χ0n) is 15.5. The molecular formula is C18H30N2O4. The molecule has 3 fully saturated rings. The standard InChI is InChI=1S/C18H30N2O4/c1-12(2)14-11-23-18-8-9-19(16(22)24-17(3,4)5)10-13(18)6-7-15(21)20(14)18/h12-14H,6-11H2,1-5H3/t13-,14-,18-/m1/s1. The monoisotopic (exact) mass is 338 g/mol. The van der Waals surface area contributed by atoms with E-state index in [0.717, 1.165) is 6.42 Å². The quantitative estimate of drug-likeness (QED) is 0.737. The summed E-state index contributed by atoms with van der Waals surface area (Å²) in [4.78, 5) is 28.8. The molecule has 0 bridgehead atoms. The van der Waals surface area contributed by atoms with E-state index >= 15 is 0 Å². The number of hydrogen-bond acceptors (Lipinski definition) is 4. The summed E-state index contributed by atoms with van der Waals surface area (Å²) in [5, 5.41) is 0. The van der Waals surface area contributed by atoms with Crippen molar-refractivity contribution in [2.24, 2.45) is 11.8 Å². The molecule has 3 saturated heterocycles. The SMILES string of the molecule is CC(C)[C@H]1CO[C@]23CCN(C(=O)OC(C)(C)C)C[C@H]2CCC(=O)N13. The summed E-state index contributed by atoms with van der Waals surface area (Å²) in [5.74, 6) is 0.740. The first kappa shape index (κ1) is 17.5. The van der Waals surface area contributed by atoms with Crippen molar-refractivity contribution < 1.29 is 19.1 Å². The van der Waals surface area contributed by atoms with Gasteiger partial charge in [-0.1, -0.05) is 13.8 Å². The van der Waals surface area contributed by atoms with Gasteiger partial charge in [-0.3, -0.25) is 4.79 Å². The maximum absolute atomic E-state index is 12.6. The Labute approximate surface area is 144 Å². The van der Waals surface area contributed by atoms with E-state index in [2.05, 4.69) is 13.8 Å². The third-order valence-corrected chi connectivity index (χ3v) is 5.46. The van der Waals surface area contributed by atoms with Crippen LogP contribution in [0.3, 0.4) is 0 Å². The van der Waals surface area contributed by atoms with E-state index in [4.69, 9.17) is 9.47 Å². The number of hydrogen-bond donors (Lipinski definition) is 0. The fraction of sp³-hybridized carbons (Fsp3) is 0.889. The molecule has 0 aromatic rings. The molecule has 2 amide bonds. The van der Waals surface area contributed by atoms with Crippen LogP contribution in [0.5, 0.6) is 0 Å². The van der Waals surface area contributed by atoms with E-state index in [-0.39, 0.29) is 24.0 Å². The number of carbonyl (C=O) groups is 2. The molecule has 0 aromatic carbocycles. The van der Waals surface area contributed by atoms with Crippen molar-refractivity contribution in [3.05, 3.63) is 0 Å². The predicted octanol–water partition coefficient (Wildman–Crippen LogP) is 2.62. The highest BCUT2D eigenvalue weighted by Crippen LogP contribution is 2.47. The number of amides is 2. The Morgan fingerprint density at radius 2 is 2.08 bits per heavy atom. The molecule has 0 N–H and O–H groups in total. The summed E-state index contributed by atoms with van der Waals surface area (Å²) in [7, 11) is 0. The number of rotatable bonds is 1. The Balaban J connectivity index is 1.77. The van der Waals surface area contributed by atoms with E-state index in [1.165, 1.54) is 0 Å². The molecule has 3 aliphatic heterocycles. The lowest BCUT2D eigenvalue weighted by molar-refractivity contribution is -0.190. The van der Waals surface area contributed by atoms with Gasteiger partial charge in [-0.2, -0.15) is 0 Å². The molecule has 0 saturated carbocycles. The van der Waals surface area contributed by atoms with Gasteiger partial charge >= 0.3 is 6.09 Å². The van der Waals surface area contributed by atoms with Gasteiger partial charge in [0.15, 0.2) is 0 Å². The van der Waals surface area contributed by atoms with Crippen molar-refractivity contribution in [1.29, 1.82) is 0 Å². The lowest BCUT2D eigenvalue weighted by Crippen LogP contribution is -2.65. The highest BCUT2D eigenvalue weighted by Gasteiger charge is 2.59. The third kappa shape index (κ3) is 2.89. The van der Waals surface area contributed by atoms with E-state index < -0.39 is 11.3 Å². The third-order valence-electron chi connectivity index (χ3n) is 5.46. The van der Waals surface area contributed by atoms with Crippen molar-refractivity contribution in [1.82, 2.24) is 9.80 Å². The summed E-state index contributed by atoms with van der Waals surface area (Å²) in [5.41, 5.74) is -1.00. The molecule has 0 radical (unpaired) electrons. The topological polar surface area (TPSA) is 59.1 Å². The van der Waals surface area contributed by atoms with Crippen LogP contribution >= 0.6 is 0 Å². The molecule has 136 valence electrons. The van der Waals surface area contributed by atoms with E-state index in [1.54, 1.807) is 4.90 Å². The first-order chi connectivity index (χ1) is 11.1. The molecule has 1 spiro atoms.